The van der Waals surface area contributed by atoms with Gasteiger partial charge in [0.25, 0.3) is 5.91 Å². The number of nitrogens with one attached hydrogen (secondary N) is 1. The van der Waals surface area contributed by atoms with Crippen molar-refractivity contribution in [1.82, 2.24) is 5.32 Å². The molecular formula is C15H12Cl3NO3S. The van der Waals surface area contributed by atoms with E-state index >= 15 is 0 Å². The summed E-state index contributed by atoms with van der Waals surface area (Å²) >= 11 is 19.2. The van der Waals surface area contributed by atoms with Crippen LogP contribution < -0.4 is 5.32 Å². The fraction of sp³-hybridized carbons (Fsp3) is 0.200. The van der Waals surface area contributed by atoms with Crippen LogP contribution in [0, 0.1) is 0 Å². The predicted octanol–water partition coefficient (Wildman–Crippen LogP) is 4.74. The smallest absolute Gasteiger partial charge is 0.341 e. The summed E-state index contributed by atoms with van der Waals surface area (Å²) < 4.78 is 4.95. The van der Waals surface area contributed by atoms with E-state index in [1.807, 2.05) is 24.4 Å². The fourth-order valence-corrected chi connectivity index (χ4v) is 3.23. The van der Waals surface area contributed by atoms with E-state index in [1.165, 1.54) is 23.5 Å². The maximum atomic E-state index is 12.0. The van der Waals surface area contributed by atoms with E-state index in [0.29, 0.717) is 0 Å². The van der Waals surface area contributed by atoms with Crippen LogP contribution in [0.3, 0.4) is 0 Å². The predicted molar refractivity (Wildman–Crippen MR) is 92.6 cm³/mol. The highest BCUT2D eigenvalue weighted by molar-refractivity contribution is 7.10. The molecule has 0 spiro atoms. The molecule has 0 saturated heterocycles. The summed E-state index contributed by atoms with van der Waals surface area (Å²) in [6, 6.07) is 6.54. The number of carbonyl (C=O) groups excluding carboxylic acids is 2. The number of hydrogen-bond donors (Lipinski definition) is 1. The molecule has 1 unspecified atom stereocenters. The van der Waals surface area contributed by atoms with E-state index in [1.54, 1.807) is 0 Å². The van der Waals surface area contributed by atoms with Crippen molar-refractivity contribution in [2.24, 2.45) is 0 Å². The molecule has 1 heterocycles. The average Bonchev–Trinajstić information content (AvgIpc) is 3.04. The minimum atomic E-state index is -0.804. The Hall–Kier alpha value is -1.27. The molecule has 1 aromatic heterocycles. The molecule has 0 bridgehead atoms. The lowest BCUT2D eigenvalue weighted by molar-refractivity contribution is -0.124. The van der Waals surface area contributed by atoms with Crippen molar-refractivity contribution in [2.45, 2.75) is 13.0 Å². The lowest BCUT2D eigenvalue weighted by atomic mass is 10.2. The molecule has 2 aromatic rings. The molecule has 2 rings (SSSR count). The lowest BCUT2D eigenvalue weighted by Gasteiger charge is -2.13. The third kappa shape index (κ3) is 4.61. The van der Waals surface area contributed by atoms with Crippen LogP contribution in [0.1, 0.15) is 28.2 Å². The summed E-state index contributed by atoms with van der Waals surface area (Å²) in [6.45, 7) is 1.41. The highest BCUT2D eigenvalue weighted by atomic mass is 35.5. The molecule has 0 aliphatic carbocycles. The number of benzene rings is 1. The van der Waals surface area contributed by atoms with E-state index in [2.05, 4.69) is 5.32 Å². The van der Waals surface area contributed by atoms with Crippen molar-refractivity contribution in [1.29, 1.82) is 0 Å². The van der Waals surface area contributed by atoms with Gasteiger partial charge >= 0.3 is 5.97 Å². The number of esters is 1. The van der Waals surface area contributed by atoms with Gasteiger partial charge in [0.05, 0.1) is 26.7 Å². The highest BCUT2D eigenvalue weighted by Crippen LogP contribution is 2.31. The molecule has 1 N–H and O–H groups in total. The molecule has 0 saturated carbocycles. The Morgan fingerprint density at radius 1 is 1.22 bits per heavy atom. The van der Waals surface area contributed by atoms with Crippen molar-refractivity contribution in [3.8, 4) is 0 Å². The van der Waals surface area contributed by atoms with Gasteiger partial charge in [-0.25, -0.2) is 4.79 Å². The van der Waals surface area contributed by atoms with Gasteiger partial charge in [-0.2, -0.15) is 0 Å². The van der Waals surface area contributed by atoms with Crippen LogP contribution in [0.2, 0.25) is 15.1 Å². The quantitative estimate of drug-likeness (QED) is 0.590. The molecule has 0 fully saturated rings. The summed E-state index contributed by atoms with van der Waals surface area (Å²) in [4.78, 5) is 24.9. The minimum absolute atomic E-state index is 0.00321. The van der Waals surface area contributed by atoms with Gasteiger partial charge in [0, 0.05) is 4.88 Å². The third-order valence-electron chi connectivity index (χ3n) is 2.93. The minimum Gasteiger partial charge on any atom is -0.452 e. The van der Waals surface area contributed by atoms with Crippen LogP contribution in [-0.4, -0.2) is 18.5 Å². The Kier molecular flexibility index (Phi) is 6.30. The first-order valence-corrected chi connectivity index (χ1v) is 8.55. The summed E-state index contributed by atoms with van der Waals surface area (Å²) in [7, 11) is 0. The topological polar surface area (TPSA) is 55.4 Å². The van der Waals surface area contributed by atoms with Crippen molar-refractivity contribution < 1.29 is 14.3 Å². The summed E-state index contributed by atoms with van der Waals surface area (Å²) in [5.41, 5.74) is -0.0556. The van der Waals surface area contributed by atoms with Gasteiger partial charge in [0.2, 0.25) is 0 Å². The number of carbonyl (C=O) groups is 2. The van der Waals surface area contributed by atoms with Crippen LogP contribution in [0.4, 0.5) is 0 Å². The Balaban J connectivity index is 1.94. The zero-order chi connectivity index (χ0) is 17.0. The molecule has 0 radical (unpaired) electrons. The summed E-state index contributed by atoms with van der Waals surface area (Å²) in [5.74, 6) is -1.23. The summed E-state index contributed by atoms with van der Waals surface area (Å²) in [6.07, 6.45) is 0. The SMILES string of the molecule is CC(NC(=O)COC(=O)c1c(Cl)ccc(Cl)c1Cl)c1cccs1. The lowest BCUT2D eigenvalue weighted by Crippen LogP contribution is -2.30. The van der Waals surface area contributed by atoms with Crippen LogP contribution in [0.5, 0.6) is 0 Å². The van der Waals surface area contributed by atoms with Gasteiger partial charge in [0.15, 0.2) is 6.61 Å². The van der Waals surface area contributed by atoms with Gasteiger partial charge < -0.3 is 10.1 Å². The van der Waals surface area contributed by atoms with E-state index < -0.39 is 18.5 Å². The Morgan fingerprint density at radius 2 is 1.91 bits per heavy atom. The highest BCUT2D eigenvalue weighted by Gasteiger charge is 2.20. The van der Waals surface area contributed by atoms with Crippen LogP contribution >= 0.6 is 46.1 Å². The van der Waals surface area contributed by atoms with Crippen LogP contribution in [-0.2, 0) is 9.53 Å². The molecule has 0 aliphatic rings. The molecule has 1 atom stereocenters. The largest absolute Gasteiger partial charge is 0.452 e. The van der Waals surface area contributed by atoms with E-state index in [9.17, 15) is 9.59 Å². The maximum Gasteiger partial charge on any atom is 0.341 e. The van der Waals surface area contributed by atoms with Crippen molar-refractivity contribution >= 4 is 58.0 Å². The van der Waals surface area contributed by atoms with Gasteiger partial charge in [-0.1, -0.05) is 40.9 Å². The Labute approximate surface area is 152 Å². The molecule has 8 heteroatoms. The zero-order valence-corrected chi connectivity index (χ0v) is 15.0. The number of halogens is 3. The normalized spacial score (nSPS) is 11.8. The molecular weight excluding hydrogens is 381 g/mol. The number of hydrogen-bond acceptors (Lipinski definition) is 4. The average molecular weight is 393 g/mol. The van der Waals surface area contributed by atoms with E-state index in [4.69, 9.17) is 39.5 Å². The molecule has 4 nitrogen and oxygen atoms in total. The van der Waals surface area contributed by atoms with E-state index in [0.717, 1.165) is 4.88 Å². The second kappa shape index (κ2) is 8.02. The first-order valence-electron chi connectivity index (χ1n) is 6.53. The van der Waals surface area contributed by atoms with Crippen molar-refractivity contribution in [3.63, 3.8) is 0 Å². The monoisotopic (exact) mass is 391 g/mol. The maximum absolute atomic E-state index is 12.0. The Bertz CT molecular complexity index is 719. The van der Waals surface area contributed by atoms with Crippen molar-refractivity contribution in [3.05, 3.63) is 55.2 Å². The first kappa shape index (κ1) is 18.1. The van der Waals surface area contributed by atoms with Crippen LogP contribution in [0.15, 0.2) is 29.6 Å². The van der Waals surface area contributed by atoms with Gasteiger partial charge in [0.1, 0.15) is 0 Å². The summed E-state index contributed by atoms with van der Waals surface area (Å²) in [5, 5.41) is 4.93. The standard InChI is InChI=1S/C15H12Cl3NO3S/c1-8(11-3-2-6-23-11)19-12(20)7-22-15(21)13-9(16)4-5-10(17)14(13)18/h2-6,8H,7H2,1H3,(H,19,20). The third-order valence-corrected chi connectivity index (χ3v) is 5.10. The van der Waals surface area contributed by atoms with Crippen molar-refractivity contribution in [2.75, 3.05) is 6.61 Å². The zero-order valence-electron chi connectivity index (χ0n) is 11.9. The molecule has 1 aromatic carbocycles. The number of ether oxygens (including phenoxy) is 1. The van der Waals surface area contributed by atoms with Gasteiger partial charge in [-0.05, 0) is 30.5 Å². The molecule has 122 valence electrons. The molecule has 0 aliphatic heterocycles. The number of amides is 1. The number of rotatable bonds is 5. The fourth-order valence-electron chi connectivity index (χ4n) is 1.81. The number of thiophene rings is 1. The second-order valence-corrected chi connectivity index (χ2v) is 6.77. The Morgan fingerprint density at radius 3 is 2.57 bits per heavy atom. The van der Waals surface area contributed by atoms with Gasteiger partial charge in [-0.3, -0.25) is 4.79 Å². The second-order valence-electron chi connectivity index (χ2n) is 4.60. The molecule has 23 heavy (non-hydrogen) atoms. The first-order chi connectivity index (χ1) is 10.9. The van der Waals surface area contributed by atoms with Crippen LogP contribution in [0.25, 0.3) is 0 Å². The van der Waals surface area contributed by atoms with Gasteiger partial charge in [-0.15, -0.1) is 11.3 Å². The molecule has 1 amide bonds. The van der Waals surface area contributed by atoms with E-state index in [-0.39, 0.29) is 26.7 Å².